The number of unbranched alkanes of at least 4 members (excludes halogenated alkanes) is 4. The first-order valence-corrected chi connectivity index (χ1v) is 13.7. The number of ether oxygens (including phenoxy) is 1. The summed E-state index contributed by atoms with van der Waals surface area (Å²) in [4.78, 5) is 36.1. The van der Waals surface area contributed by atoms with Crippen molar-refractivity contribution in [3.63, 3.8) is 0 Å². The first-order chi connectivity index (χ1) is 16.8. The van der Waals surface area contributed by atoms with Gasteiger partial charge in [0, 0.05) is 25.8 Å². The van der Waals surface area contributed by atoms with Crippen molar-refractivity contribution < 1.29 is 9.53 Å². The summed E-state index contributed by atoms with van der Waals surface area (Å²) in [7, 11) is 0. The number of fused-ring (bicyclic) bond motifs is 1. The Kier molecular flexibility index (Phi) is 8.29. The van der Waals surface area contributed by atoms with Crippen LogP contribution in [0.3, 0.4) is 0 Å². The fourth-order valence-corrected chi connectivity index (χ4v) is 5.95. The number of anilines is 1. The first kappa shape index (κ1) is 25.9. The lowest BCUT2D eigenvalue weighted by atomic mass is 10.1. The summed E-state index contributed by atoms with van der Waals surface area (Å²) in [6, 6.07) is 3.80. The molecule has 0 radical (unpaired) electrons. The van der Waals surface area contributed by atoms with Crippen LogP contribution in [0.5, 0.6) is 0 Å². The maximum absolute atomic E-state index is 13.7. The number of pyridine rings is 1. The van der Waals surface area contributed by atoms with E-state index in [1.54, 1.807) is 21.6 Å². The maximum atomic E-state index is 13.7. The molecule has 2 aliphatic rings. The number of nitrogens with zero attached hydrogens (tertiary/aromatic N) is 4. The number of amides is 1. The van der Waals surface area contributed by atoms with Crippen molar-refractivity contribution in [2.24, 2.45) is 0 Å². The van der Waals surface area contributed by atoms with Gasteiger partial charge in [-0.3, -0.25) is 18.9 Å². The Bertz CT molecular complexity index is 1200. The Morgan fingerprint density at radius 3 is 2.57 bits per heavy atom. The molecule has 2 atom stereocenters. The third kappa shape index (κ3) is 5.78. The van der Waals surface area contributed by atoms with Crippen molar-refractivity contribution in [2.75, 3.05) is 24.5 Å². The van der Waals surface area contributed by atoms with Crippen molar-refractivity contribution >= 4 is 51.7 Å². The first-order valence-electron chi connectivity index (χ1n) is 12.5. The highest BCUT2D eigenvalue weighted by atomic mass is 32.2. The number of thiocarbonyl (C=S) groups is 1. The van der Waals surface area contributed by atoms with Gasteiger partial charge in [-0.1, -0.05) is 62.7 Å². The standard InChI is InChI=1S/C26H34N4O3S2/c1-5-6-7-8-9-12-29-25(32)21(35-26(29)34)13-20-23(28-15-18(3)33-19(4)16-28)27-22-11-10-17(2)14-30(22)24(20)31/h10-11,13-14,18-19H,5-9,12,15-16H2,1-4H3/b21-13+. The van der Waals surface area contributed by atoms with Crippen LogP contribution in [0.15, 0.2) is 28.0 Å². The van der Waals surface area contributed by atoms with Crippen LogP contribution in [0.4, 0.5) is 5.82 Å². The number of aromatic nitrogens is 2. The molecule has 0 aromatic carbocycles. The largest absolute Gasteiger partial charge is 0.372 e. The Morgan fingerprint density at radius 1 is 1.14 bits per heavy atom. The molecular weight excluding hydrogens is 480 g/mol. The van der Waals surface area contributed by atoms with Crippen LogP contribution in [0.1, 0.15) is 64.0 Å². The Labute approximate surface area is 216 Å². The molecule has 2 unspecified atom stereocenters. The molecule has 1 amide bonds. The normalized spacial score (nSPS) is 22.1. The van der Waals surface area contributed by atoms with E-state index in [4.69, 9.17) is 21.9 Å². The quantitative estimate of drug-likeness (QED) is 0.285. The highest BCUT2D eigenvalue weighted by Gasteiger charge is 2.33. The Morgan fingerprint density at radius 2 is 1.86 bits per heavy atom. The zero-order valence-corrected chi connectivity index (χ0v) is 22.6. The van der Waals surface area contributed by atoms with Gasteiger partial charge in [0.2, 0.25) is 0 Å². The van der Waals surface area contributed by atoms with E-state index < -0.39 is 0 Å². The zero-order chi connectivity index (χ0) is 25.1. The van der Waals surface area contributed by atoms with Gasteiger partial charge in [-0.05, 0) is 44.9 Å². The summed E-state index contributed by atoms with van der Waals surface area (Å²) in [5.41, 5.74) is 1.77. The number of morpholine rings is 1. The van der Waals surface area contributed by atoms with Crippen LogP contribution in [0.25, 0.3) is 11.7 Å². The minimum atomic E-state index is -0.190. The second kappa shape index (κ2) is 11.2. The second-order valence-corrected chi connectivity index (χ2v) is 11.2. The van der Waals surface area contributed by atoms with Gasteiger partial charge in [-0.15, -0.1) is 0 Å². The van der Waals surface area contributed by atoms with E-state index in [-0.39, 0.29) is 23.7 Å². The lowest BCUT2D eigenvalue weighted by Gasteiger charge is -2.36. The number of carbonyl (C=O) groups is 1. The van der Waals surface area contributed by atoms with E-state index >= 15 is 0 Å². The number of thioether (sulfide) groups is 1. The average Bonchev–Trinajstić information content (AvgIpc) is 3.07. The molecule has 4 rings (SSSR count). The lowest BCUT2D eigenvalue weighted by molar-refractivity contribution is -0.122. The van der Waals surface area contributed by atoms with Crippen molar-refractivity contribution in [2.45, 2.75) is 72.0 Å². The zero-order valence-electron chi connectivity index (χ0n) is 21.0. The number of aryl methyl sites for hydroxylation is 1. The number of hydrogen-bond acceptors (Lipinski definition) is 7. The van der Waals surface area contributed by atoms with Gasteiger partial charge in [-0.2, -0.15) is 0 Å². The molecule has 0 N–H and O–H groups in total. The van der Waals surface area contributed by atoms with Crippen molar-refractivity contribution in [3.05, 3.63) is 44.7 Å². The molecule has 2 aliphatic heterocycles. The number of hydrogen-bond donors (Lipinski definition) is 0. The Hall–Kier alpha value is -2.23. The van der Waals surface area contributed by atoms with E-state index in [1.807, 2.05) is 32.9 Å². The van der Waals surface area contributed by atoms with Gasteiger partial charge in [0.15, 0.2) is 0 Å². The van der Waals surface area contributed by atoms with Crippen molar-refractivity contribution in [1.82, 2.24) is 14.3 Å². The summed E-state index contributed by atoms with van der Waals surface area (Å²) < 4.78 is 8.02. The summed E-state index contributed by atoms with van der Waals surface area (Å²) in [6.07, 6.45) is 9.06. The van der Waals surface area contributed by atoms with E-state index in [2.05, 4.69) is 11.8 Å². The predicted octanol–water partition coefficient (Wildman–Crippen LogP) is 4.79. The van der Waals surface area contributed by atoms with E-state index in [1.165, 1.54) is 31.0 Å². The number of carbonyl (C=O) groups excluding carboxylic acids is 1. The molecule has 2 saturated heterocycles. The highest BCUT2D eigenvalue weighted by molar-refractivity contribution is 8.26. The topological polar surface area (TPSA) is 67.2 Å². The molecule has 9 heteroatoms. The monoisotopic (exact) mass is 514 g/mol. The molecule has 2 aromatic heterocycles. The molecule has 2 aromatic rings. The fraction of sp³-hybridized carbons (Fsp3) is 0.538. The van der Waals surface area contributed by atoms with Gasteiger partial charge in [0.05, 0.1) is 22.7 Å². The molecule has 188 valence electrons. The van der Waals surface area contributed by atoms with E-state index in [0.717, 1.165) is 18.4 Å². The third-order valence-corrected chi connectivity index (χ3v) is 7.72. The van der Waals surface area contributed by atoms with Gasteiger partial charge in [0.25, 0.3) is 11.5 Å². The minimum Gasteiger partial charge on any atom is -0.372 e. The van der Waals surface area contributed by atoms with Gasteiger partial charge < -0.3 is 9.64 Å². The SMILES string of the molecule is CCCCCCCN1C(=O)/C(=C\c2c(N3CC(C)OC(C)C3)nc3ccc(C)cn3c2=O)SC1=S. The summed E-state index contributed by atoms with van der Waals surface area (Å²) in [5, 5.41) is 0. The molecule has 35 heavy (non-hydrogen) atoms. The van der Waals surface area contributed by atoms with E-state index in [9.17, 15) is 9.59 Å². The Balaban J connectivity index is 1.71. The molecule has 0 aliphatic carbocycles. The molecule has 2 fully saturated rings. The molecule has 0 saturated carbocycles. The van der Waals surface area contributed by atoms with Crippen LogP contribution in [0, 0.1) is 6.92 Å². The highest BCUT2D eigenvalue weighted by Crippen LogP contribution is 2.34. The molecule has 7 nitrogen and oxygen atoms in total. The van der Waals surface area contributed by atoms with Gasteiger partial charge in [-0.25, -0.2) is 4.98 Å². The molecular formula is C26H34N4O3S2. The lowest BCUT2D eigenvalue weighted by Crippen LogP contribution is -2.46. The fourth-order valence-electron chi connectivity index (χ4n) is 4.66. The minimum absolute atomic E-state index is 0.00999. The summed E-state index contributed by atoms with van der Waals surface area (Å²) >= 11 is 6.80. The maximum Gasteiger partial charge on any atom is 0.267 e. The molecule has 4 heterocycles. The molecule has 0 spiro atoms. The smallest absolute Gasteiger partial charge is 0.267 e. The second-order valence-electron chi connectivity index (χ2n) is 9.50. The van der Waals surface area contributed by atoms with Gasteiger partial charge in [0.1, 0.15) is 15.8 Å². The number of rotatable bonds is 8. The van der Waals surface area contributed by atoms with Crippen LogP contribution in [0.2, 0.25) is 0 Å². The van der Waals surface area contributed by atoms with Crippen LogP contribution in [-0.2, 0) is 9.53 Å². The average molecular weight is 515 g/mol. The third-order valence-electron chi connectivity index (χ3n) is 6.34. The van der Waals surface area contributed by atoms with Crippen LogP contribution in [-0.4, -0.2) is 56.4 Å². The summed E-state index contributed by atoms with van der Waals surface area (Å²) in [6.45, 7) is 10.0. The van der Waals surface area contributed by atoms with Crippen LogP contribution < -0.4 is 10.5 Å². The van der Waals surface area contributed by atoms with E-state index in [0.29, 0.717) is 45.9 Å². The van der Waals surface area contributed by atoms with Crippen molar-refractivity contribution in [3.8, 4) is 0 Å². The van der Waals surface area contributed by atoms with Crippen molar-refractivity contribution in [1.29, 1.82) is 0 Å². The van der Waals surface area contributed by atoms with Crippen LogP contribution >= 0.6 is 24.0 Å². The molecule has 0 bridgehead atoms. The summed E-state index contributed by atoms with van der Waals surface area (Å²) in [5.74, 6) is 0.463. The predicted molar refractivity (Wildman–Crippen MR) is 147 cm³/mol. The van der Waals surface area contributed by atoms with Gasteiger partial charge >= 0.3 is 0 Å².